The van der Waals surface area contributed by atoms with Crippen LogP contribution in [0, 0.1) is 11.7 Å². The first-order chi connectivity index (χ1) is 12.9. The van der Waals surface area contributed by atoms with Gasteiger partial charge in [0.2, 0.25) is 15.9 Å². The lowest BCUT2D eigenvalue weighted by atomic mass is 9.97. The molecular formula is C18H23FN4O3S. The summed E-state index contributed by atoms with van der Waals surface area (Å²) in [6, 6.07) is 7.59. The third-order valence-electron chi connectivity index (χ3n) is 4.63. The lowest BCUT2D eigenvalue weighted by Crippen LogP contribution is -2.42. The van der Waals surface area contributed by atoms with Gasteiger partial charge in [-0.25, -0.2) is 21.8 Å². The Bertz CT molecular complexity index is 905. The van der Waals surface area contributed by atoms with Crippen LogP contribution in [0.2, 0.25) is 0 Å². The molecule has 0 radical (unpaired) electrons. The van der Waals surface area contributed by atoms with Crippen molar-refractivity contribution in [2.24, 2.45) is 5.92 Å². The van der Waals surface area contributed by atoms with Crippen LogP contribution in [0.4, 0.5) is 10.2 Å². The minimum atomic E-state index is -3.23. The van der Waals surface area contributed by atoms with Crippen LogP contribution in [0.15, 0.2) is 36.5 Å². The number of amides is 1. The van der Waals surface area contributed by atoms with Gasteiger partial charge in [-0.1, -0.05) is 13.0 Å². The highest BCUT2D eigenvalue weighted by Crippen LogP contribution is 2.23. The lowest BCUT2D eigenvalue weighted by Gasteiger charge is -2.30. The summed E-state index contributed by atoms with van der Waals surface area (Å²) in [5.74, 6) is -0.251. The standard InChI is InChI=1S/C18H23FN4O3S/c1-2-12-27(25,26)22-10-7-14(8-11-22)18(24)21-17-6-9-20-23(17)16-5-3-4-15(19)13-16/h3-6,9,13-14H,2,7-8,10-12H2,1H3,(H,21,24). The number of halogens is 1. The number of benzene rings is 1. The highest BCUT2D eigenvalue weighted by Gasteiger charge is 2.30. The van der Waals surface area contributed by atoms with Crippen molar-refractivity contribution in [1.82, 2.24) is 14.1 Å². The zero-order valence-electron chi connectivity index (χ0n) is 15.1. The van der Waals surface area contributed by atoms with Crippen LogP contribution >= 0.6 is 0 Å². The van der Waals surface area contributed by atoms with Crippen LogP contribution in [0.3, 0.4) is 0 Å². The van der Waals surface area contributed by atoms with Crippen LogP contribution in [0.5, 0.6) is 0 Å². The first kappa shape index (κ1) is 19.5. The summed E-state index contributed by atoms with van der Waals surface area (Å²) >= 11 is 0. The molecule has 1 aromatic heterocycles. The van der Waals surface area contributed by atoms with Crippen LogP contribution in [-0.2, 0) is 14.8 Å². The van der Waals surface area contributed by atoms with Gasteiger partial charge >= 0.3 is 0 Å². The molecule has 1 aromatic carbocycles. The number of nitrogens with zero attached hydrogens (tertiary/aromatic N) is 3. The normalized spacial score (nSPS) is 16.4. The molecule has 27 heavy (non-hydrogen) atoms. The number of aromatic nitrogens is 2. The van der Waals surface area contributed by atoms with E-state index in [1.54, 1.807) is 18.2 Å². The van der Waals surface area contributed by atoms with Gasteiger partial charge in [-0.05, 0) is 37.5 Å². The number of nitrogens with one attached hydrogen (secondary N) is 1. The van der Waals surface area contributed by atoms with Crippen molar-refractivity contribution in [3.8, 4) is 5.69 Å². The zero-order chi connectivity index (χ0) is 19.4. The van der Waals surface area contributed by atoms with Gasteiger partial charge in [0.05, 0.1) is 17.6 Å². The third-order valence-corrected chi connectivity index (χ3v) is 6.70. The minimum Gasteiger partial charge on any atom is -0.310 e. The molecule has 1 aliphatic heterocycles. The van der Waals surface area contributed by atoms with E-state index >= 15 is 0 Å². The molecule has 2 heterocycles. The van der Waals surface area contributed by atoms with E-state index in [2.05, 4.69) is 10.4 Å². The van der Waals surface area contributed by atoms with E-state index in [0.717, 1.165) is 0 Å². The summed E-state index contributed by atoms with van der Waals surface area (Å²) in [7, 11) is -3.23. The number of piperidine rings is 1. The fourth-order valence-corrected chi connectivity index (χ4v) is 4.76. The monoisotopic (exact) mass is 394 g/mol. The maximum absolute atomic E-state index is 13.4. The molecular weight excluding hydrogens is 371 g/mol. The van der Waals surface area contributed by atoms with Crippen molar-refractivity contribution in [2.75, 3.05) is 24.2 Å². The quantitative estimate of drug-likeness (QED) is 0.815. The molecule has 1 N–H and O–H groups in total. The topological polar surface area (TPSA) is 84.3 Å². The van der Waals surface area contributed by atoms with E-state index in [0.29, 0.717) is 43.9 Å². The first-order valence-corrected chi connectivity index (χ1v) is 10.6. The number of carbonyl (C=O) groups excluding carboxylic acids is 1. The van der Waals surface area contributed by atoms with E-state index in [-0.39, 0.29) is 23.4 Å². The Labute approximate surface area is 158 Å². The smallest absolute Gasteiger partial charge is 0.228 e. The van der Waals surface area contributed by atoms with Crippen molar-refractivity contribution >= 4 is 21.7 Å². The minimum absolute atomic E-state index is 0.136. The van der Waals surface area contributed by atoms with Gasteiger partial charge in [-0.15, -0.1) is 0 Å². The molecule has 0 aliphatic carbocycles. The number of carbonyl (C=O) groups is 1. The molecule has 1 aliphatic rings. The fraction of sp³-hybridized carbons (Fsp3) is 0.444. The molecule has 146 valence electrons. The molecule has 3 rings (SSSR count). The summed E-state index contributed by atoms with van der Waals surface area (Å²) in [6.45, 7) is 2.53. The summed E-state index contributed by atoms with van der Waals surface area (Å²) < 4.78 is 40.6. The molecule has 0 saturated carbocycles. The number of hydrogen-bond acceptors (Lipinski definition) is 4. The Morgan fingerprint density at radius 1 is 1.30 bits per heavy atom. The Hall–Kier alpha value is -2.26. The second-order valence-electron chi connectivity index (χ2n) is 6.59. The van der Waals surface area contributed by atoms with Crippen molar-refractivity contribution in [1.29, 1.82) is 0 Å². The highest BCUT2D eigenvalue weighted by atomic mass is 32.2. The molecule has 0 spiro atoms. The van der Waals surface area contributed by atoms with Gasteiger partial charge in [0.15, 0.2) is 0 Å². The molecule has 1 saturated heterocycles. The summed E-state index contributed by atoms with van der Waals surface area (Å²) in [6.07, 6.45) is 3.05. The Kier molecular flexibility index (Phi) is 5.91. The molecule has 1 amide bonds. The number of anilines is 1. The second kappa shape index (κ2) is 8.18. The van der Waals surface area contributed by atoms with E-state index in [1.807, 2.05) is 6.92 Å². The first-order valence-electron chi connectivity index (χ1n) is 8.99. The molecule has 7 nitrogen and oxygen atoms in total. The SMILES string of the molecule is CCCS(=O)(=O)N1CCC(C(=O)Nc2ccnn2-c2cccc(F)c2)CC1. The van der Waals surface area contributed by atoms with E-state index in [9.17, 15) is 17.6 Å². The van der Waals surface area contributed by atoms with Crippen molar-refractivity contribution < 1.29 is 17.6 Å². The Morgan fingerprint density at radius 2 is 2.04 bits per heavy atom. The van der Waals surface area contributed by atoms with Crippen molar-refractivity contribution in [3.05, 3.63) is 42.3 Å². The largest absolute Gasteiger partial charge is 0.310 e. The molecule has 1 fully saturated rings. The van der Waals surface area contributed by atoms with Gasteiger partial charge in [-0.2, -0.15) is 5.10 Å². The van der Waals surface area contributed by atoms with Crippen LogP contribution in [-0.4, -0.2) is 47.3 Å². The predicted octanol–water partition coefficient (Wildman–Crippen LogP) is 2.40. The van der Waals surface area contributed by atoms with Crippen LogP contribution in [0.1, 0.15) is 26.2 Å². The summed E-state index contributed by atoms with van der Waals surface area (Å²) in [5, 5.41) is 6.97. The van der Waals surface area contributed by atoms with Gasteiger partial charge < -0.3 is 5.32 Å². The van der Waals surface area contributed by atoms with E-state index in [1.165, 1.54) is 27.3 Å². The summed E-state index contributed by atoms with van der Waals surface area (Å²) in [5.41, 5.74) is 0.510. The molecule has 0 bridgehead atoms. The van der Waals surface area contributed by atoms with E-state index < -0.39 is 10.0 Å². The fourth-order valence-electron chi connectivity index (χ4n) is 3.22. The van der Waals surface area contributed by atoms with Gasteiger partial charge in [0.25, 0.3) is 0 Å². The van der Waals surface area contributed by atoms with Gasteiger partial charge in [0, 0.05) is 25.1 Å². The molecule has 0 atom stereocenters. The number of rotatable bonds is 6. The average Bonchev–Trinajstić information content (AvgIpc) is 3.10. The van der Waals surface area contributed by atoms with Gasteiger partial charge in [-0.3, -0.25) is 4.79 Å². The Balaban J connectivity index is 1.64. The maximum atomic E-state index is 13.4. The zero-order valence-corrected chi connectivity index (χ0v) is 16.0. The predicted molar refractivity (Wildman–Crippen MR) is 101 cm³/mol. The van der Waals surface area contributed by atoms with Crippen molar-refractivity contribution in [2.45, 2.75) is 26.2 Å². The molecule has 0 unspecified atom stereocenters. The van der Waals surface area contributed by atoms with Crippen LogP contribution < -0.4 is 5.32 Å². The lowest BCUT2D eigenvalue weighted by molar-refractivity contribution is -0.120. The van der Waals surface area contributed by atoms with Gasteiger partial charge in [0.1, 0.15) is 11.6 Å². The van der Waals surface area contributed by atoms with E-state index in [4.69, 9.17) is 0 Å². The third kappa shape index (κ3) is 4.54. The van der Waals surface area contributed by atoms with Crippen LogP contribution in [0.25, 0.3) is 5.69 Å². The number of sulfonamides is 1. The average molecular weight is 394 g/mol. The number of hydrogen-bond donors (Lipinski definition) is 1. The molecule has 9 heteroatoms. The second-order valence-corrected chi connectivity index (χ2v) is 8.68. The Morgan fingerprint density at radius 3 is 2.70 bits per heavy atom. The maximum Gasteiger partial charge on any atom is 0.228 e. The summed E-state index contributed by atoms with van der Waals surface area (Å²) in [4.78, 5) is 12.6. The van der Waals surface area contributed by atoms with Crippen molar-refractivity contribution in [3.63, 3.8) is 0 Å². The molecule has 2 aromatic rings. The highest BCUT2D eigenvalue weighted by molar-refractivity contribution is 7.89.